The number of H-pyrrole nitrogens is 1. The smallest absolute Gasteiger partial charge is 0.321 e. The van der Waals surface area contributed by atoms with Gasteiger partial charge in [0.15, 0.2) is 0 Å². The molecular weight excluding hydrogens is 342 g/mol. The van der Waals surface area contributed by atoms with Gasteiger partial charge >= 0.3 is 5.97 Å². The van der Waals surface area contributed by atoms with E-state index >= 15 is 0 Å². The second-order valence-electron chi connectivity index (χ2n) is 6.57. The van der Waals surface area contributed by atoms with E-state index in [1.807, 2.05) is 49.5 Å². The second kappa shape index (κ2) is 8.51. The molecule has 0 radical (unpaired) electrons. The number of aryl methyl sites for hydroxylation is 1. The first-order chi connectivity index (χ1) is 13.0. The highest BCUT2D eigenvalue weighted by Crippen LogP contribution is 2.17. The monoisotopic (exact) mass is 365 g/mol. The van der Waals surface area contributed by atoms with Crippen LogP contribution in [0.25, 0.3) is 10.9 Å². The number of anilines is 1. The lowest BCUT2D eigenvalue weighted by Gasteiger charge is -2.14. The highest BCUT2D eigenvalue weighted by Gasteiger charge is 2.20. The Kier molecular flexibility index (Phi) is 5.88. The van der Waals surface area contributed by atoms with Crippen LogP contribution >= 0.6 is 0 Å². The molecule has 0 spiro atoms. The minimum atomic E-state index is -1.03. The summed E-state index contributed by atoms with van der Waals surface area (Å²) in [4.78, 5) is 26.9. The Morgan fingerprint density at radius 2 is 1.85 bits per heavy atom. The molecule has 0 saturated heterocycles. The third-order valence-corrected chi connectivity index (χ3v) is 4.48. The molecule has 3 aromatic rings. The summed E-state index contributed by atoms with van der Waals surface area (Å²) < 4.78 is 0. The van der Waals surface area contributed by atoms with Gasteiger partial charge in [-0.25, -0.2) is 0 Å². The highest BCUT2D eigenvalue weighted by molar-refractivity contribution is 5.94. The quantitative estimate of drug-likeness (QED) is 0.493. The van der Waals surface area contributed by atoms with E-state index in [1.165, 1.54) is 0 Å². The summed E-state index contributed by atoms with van der Waals surface area (Å²) in [5.41, 5.74) is 3.93. The summed E-state index contributed by atoms with van der Waals surface area (Å²) in [5, 5.41) is 16.2. The maximum atomic E-state index is 12.2. The van der Waals surface area contributed by atoms with Gasteiger partial charge in [-0.3, -0.25) is 9.59 Å². The van der Waals surface area contributed by atoms with Crippen LogP contribution < -0.4 is 10.6 Å². The number of rotatable bonds is 8. The number of fused-ring (bicyclic) bond motifs is 1. The van der Waals surface area contributed by atoms with Crippen LogP contribution in [0, 0.1) is 6.92 Å². The molecular formula is C21H23N3O3. The Hall–Kier alpha value is -3.12. The lowest BCUT2D eigenvalue weighted by atomic mass is 10.1. The van der Waals surface area contributed by atoms with E-state index < -0.39 is 12.0 Å². The summed E-state index contributed by atoms with van der Waals surface area (Å²) in [5.74, 6) is -1.36. The number of carbonyl (C=O) groups excluding carboxylic acids is 1. The van der Waals surface area contributed by atoms with Crippen molar-refractivity contribution in [2.75, 3.05) is 11.9 Å². The topological polar surface area (TPSA) is 94.2 Å². The molecule has 27 heavy (non-hydrogen) atoms. The standard InChI is InChI=1S/C21H23N3O3/c1-14-6-8-16(9-7-14)24-20(25)12-19(21(26)27)22-11-10-15-13-23-18-5-3-2-4-17(15)18/h2-9,13,19,22-23H,10-12H2,1H3,(H,24,25)(H,26,27)/t19-/m1/s1. The number of amides is 1. The summed E-state index contributed by atoms with van der Waals surface area (Å²) in [6.07, 6.45) is 2.48. The number of hydrogen-bond donors (Lipinski definition) is 4. The van der Waals surface area contributed by atoms with Crippen molar-refractivity contribution < 1.29 is 14.7 Å². The fraction of sp³-hybridized carbons (Fsp3) is 0.238. The van der Waals surface area contributed by atoms with Gasteiger partial charge in [-0.2, -0.15) is 0 Å². The zero-order valence-electron chi connectivity index (χ0n) is 15.2. The van der Waals surface area contributed by atoms with E-state index in [4.69, 9.17) is 0 Å². The minimum absolute atomic E-state index is 0.128. The molecule has 0 unspecified atom stereocenters. The van der Waals surface area contributed by atoms with Crippen LogP contribution in [0.3, 0.4) is 0 Å². The van der Waals surface area contributed by atoms with Crippen molar-refractivity contribution in [3.05, 3.63) is 65.9 Å². The predicted molar refractivity (Wildman–Crippen MR) is 106 cm³/mol. The second-order valence-corrected chi connectivity index (χ2v) is 6.57. The van der Waals surface area contributed by atoms with Crippen molar-refractivity contribution in [3.63, 3.8) is 0 Å². The number of para-hydroxylation sites is 1. The van der Waals surface area contributed by atoms with Gasteiger partial charge in [0.1, 0.15) is 6.04 Å². The van der Waals surface area contributed by atoms with Gasteiger partial charge in [0.25, 0.3) is 0 Å². The van der Waals surface area contributed by atoms with E-state index in [1.54, 1.807) is 12.1 Å². The van der Waals surface area contributed by atoms with Gasteiger partial charge in [-0.05, 0) is 37.1 Å². The van der Waals surface area contributed by atoms with E-state index in [0.29, 0.717) is 18.7 Å². The van der Waals surface area contributed by atoms with Crippen molar-refractivity contribution in [1.82, 2.24) is 10.3 Å². The molecule has 0 saturated carbocycles. The van der Waals surface area contributed by atoms with E-state index in [9.17, 15) is 14.7 Å². The molecule has 0 fully saturated rings. The summed E-state index contributed by atoms with van der Waals surface area (Å²) in [6.45, 7) is 2.43. The molecule has 0 aliphatic carbocycles. The molecule has 0 aliphatic rings. The number of carboxylic acid groups (broad SMARTS) is 1. The number of hydrogen-bond acceptors (Lipinski definition) is 3. The van der Waals surface area contributed by atoms with Crippen LogP contribution in [0.15, 0.2) is 54.7 Å². The third-order valence-electron chi connectivity index (χ3n) is 4.48. The van der Waals surface area contributed by atoms with E-state index in [0.717, 1.165) is 22.0 Å². The maximum Gasteiger partial charge on any atom is 0.321 e. The van der Waals surface area contributed by atoms with Gasteiger partial charge in [-0.15, -0.1) is 0 Å². The molecule has 6 heteroatoms. The lowest BCUT2D eigenvalue weighted by Crippen LogP contribution is -2.40. The average molecular weight is 365 g/mol. The van der Waals surface area contributed by atoms with Crippen LogP contribution in [0.2, 0.25) is 0 Å². The predicted octanol–water partition coefficient (Wildman–Crippen LogP) is 3.09. The van der Waals surface area contributed by atoms with Crippen LogP contribution in [-0.4, -0.2) is 34.6 Å². The Morgan fingerprint density at radius 1 is 1.11 bits per heavy atom. The van der Waals surface area contributed by atoms with Gasteiger partial charge in [-0.1, -0.05) is 35.9 Å². The number of nitrogens with one attached hydrogen (secondary N) is 3. The third kappa shape index (κ3) is 4.95. The Bertz CT molecular complexity index is 931. The normalized spacial score (nSPS) is 12.0. The Labute approximate surface area is 157 Å². The number of aliphatic carboxylic acids is 1. The molecule has 1 amide bonds. The molecule has 140 valence electrons. The minimum Gasteiger partial charge on any atom is -0.480 e. The van der Waals surface area contributed by atoms with Crippen LogP contribution in [0.5, 0.6) is 0 Å². The van der Waals surface area contributed by atoms with Crippen LogP contribution in [0.4, 0.5) is 5.69 Å². The largest absolute Gasteiger partial charge is 0.480 e. The molecule has 3 rings (SSSR count). The van der Waals surface area contributed by atoms with Gasteiger partial charge in [0.05, 0.1) is 6.42 Å². The summed E-state index contributed by atoms with van der Waals surface area (Å²) >= 11 is 0. The van der Waals surface area contributed by atoms with Gasteiger partial charge < -0.3 is 20.7 Å². The first kappa shape index (κ1) is 18.7. The molecule has 0 aliphatic heterocycles. The van der Waals surface area contributed by atoms with E-state index in [-0.39, 0.29) is 12.3 Å². The lowest BCUT2D eigenvalue weighted by molar-refractivity contribution is -0.141. The van der Waals surface area contributed by atoms with E-state index in [2.05, 4.69) is 15.6 Å². The molecule has 1 heterocycles. The van der Waals surface area contributed by atoms with Crippen molar-refractivity contribution in [2.24, 2.45) is 0 Å². The van der Waals surface area contributed by atoms with Gasteiger partial charge in [0.2, 0.25) is 5.91 Å². The molecule has 0 bridgehead atoms. The molecule has 1 aromatic heterocycles. The number of benzene rings is 2. The first-order valence-corrected chi connectivity index (χ1v) is 8.90. The highest BCUT2D eigenvalue weighted by atomic mass is 16.4. The fourth-order valence-electron chi connectivity index (χ4n) is 3.00. The number of carbonyl (C=O) groups is 2. The fourth-order valence-corrected chi connectivity index (χ4v) is 3.00. The number of aromatic amines is 1. The van der Waals surface area contributed by atoms with Crippen molar-refractivity contribution in [3.8, 4) is 0 Å². The molecule has 4 N–H and O–H groups in total. The van der Waals surface area contributed by atoms with Crippen molar-refractivity contribution in [2.45, 2.75) is 25.8 Å². The number of carboxylic acids is 1. The molecule has 2 aromatic carbocycles. The summed E-state index contributed by atoms with van der Waals surface area (Å²) in [6, 6.07) is 14.4. The summed E-state index contributed by atoms with van der Waals surface area (Å²) in [7, 11) is 0. The first-order valence-electron chi connectivity index (χ1n) is 8.90. The molecule has 1 atom stereocenters. The van der Waals surface area contributed by atoms with Crippen molar-refractivity contribution in [1.29, 1.82) is 0 Å². The number of aromatic nitrogens is 1. The van der Waals surface area contributed by atoms with Crippen LogP contribution in [0.1, 0.15) is 17.5 Å². The Morgan fingerprint density at radius 3 is 2.59 bits per heavy atom. The zero-order valence-corrected chi connectivity index (χ0v) is 15.2. The average Bonchev–Trinajstić information content (AvgIpc) is 3.06. The van der Waals surface area contributed by atoms with Crippen molar-refractivity contribution >= 4 is 28.5 Å². The zero-order chi connectivity index (χ0) is 19.2. The SMILES string of the molecule is Cc1ccc(NC(=O)C[C@@H](NCCc2c[nH]c3ccccc23)C(=O)O)cc1. The maximum absolute atomic E-state index is 12.2. The van der Waals surface area contributed by atoms with Crippen LogP contribution in [-0.2, 0) is 16.0 Å². The molecule has 6 nitrogen and oxygen atoms in total. The van der Waals surface area contributed by atoms with Gasteiger partial charge in [0, 0.05) is 29.3 Å². The Balaban J connectivity index is 1.53.